The van der Waals surface area contributed by atoms with Crippen molar-refractivity contribution in [2.24, 2.45) is 10.9 Å². The fraction of sp³-hybridized carbons (Fsp3) is 0.267. The summed E-state index contributed by atoms with van der Waals surface area (Å²) in [5.41, 5.74) is 1.93. The summed E-state index contributed by atoms with van der Waals surface area (Å²) in [7, 11) is 0. The molecule has 1 amide bonds. The van der Waals surface area contributed by atoms with Gasteiger partial charge in [0.1, 0.15) is 16.5 Å². The number of guanidine groups is 1. The first-order chi connectivity index (χ1) is 10.7. The van der Waals surface area contributed by atoms with E-state index < -0.39 is 0 Å². The van der Waals surface area contributed by atoms with E-state index in [4.69, 9.17) is 11.6 Å². The lowest BCUT2D eigenvalue weighted by Gasteiger charge is -2.02. The van der Waals surface area contributed by atoms with Crippen LogP contribution in [-0.2, 0) is 4.79 Å². The Morgan fingerprint density at radius 2 is 2.27 bits per heavy atom. The number of aromatic nitrogens is 2. The van der Waals surface area contributed by atoms with Gasteiger partial charge in [0.25, 0.3) is 5.91 Å². The van der Waals surface area contributed by atoms with Crippen LogP contribution >= 0.6 is 11.6 Å². The van der Waals surface area contributed by atoms with Gasteiger partial charge in [0.05, 0.1) is 0 Å². The molecule has 0 aromatic carbocycles. The second-order valence-electron chi connectivity index (χ2n) is 5.54. The van der Waals surface area contributed by atoms with Crippen molar-refractivity contribution in [3.05, 3.63) is 34.7 Å². The molecule has 2 aliphatic rings. The van der Waals surface area contributed by atoms with Gasteiger partial charge in [0.15, 0.2) is 0 Å². The molecule has 2 aromatic heterocycles. The second kappa shape index (κ2) is 5.14. The third-order valence-electron chi connectivity index (χ3n) is 3.78. The highest BCUT2D eigenvalue weighted by Crippen LogP contribution is 2.27. The number of hydrogen-bond acceptors (Lipinski definition) is 4. The number of carbonyl (C=O) groups is 1. The summed E-state index contributed by atoms with van der Waals surface area (Å²) < 4.78 is 0. The third-order valence-corrected chi connectivity index (χ3v) is 3.99. The van der Waals surface area contributed by atoms with Crippen LogP contribution in [0.1, 0.15) is 18.4 Å². The van der Waals surface area contributed by atoms with Gasteiger partial charge in [-0.3, -0.25) is 10.1 Å². The predicted molar refractivity (Wildman–Crippen MR) is 85.4 cm³/mol. The third kappa shape index (κ3) is 2.57. The van der Waals surface area contributed by atoms with E-state index in [1.165, 1.54) is 12.8 Å². The van der Waals surface area contributed by atoms with E-state index in [0.29, 0.717) is 22.5 Å². The molecule has 7 heteroatoms. The first kappa shape index (κ1) is 13.3. The van der Waals surface area contributed by atoms with Gasteiger partial charge in [-0.05, 0) is 37.0 Å². The molecule has 1 aliphatic carbocycles. The average Bonchev–Trinajstić information content (AvgIpc) is 3.16. The molecule has 0 spiro atoms. The van der Waals surface area contributed by atoms with Crippen molar-refractivity contribution in [1.29, 1.82) is 0 Å². The van der Waals surface area contributed by atoms with Crippen LogP contribution in [0.25, 0.3) is 17.1 Å². The highest BCUT2D eigenvalue weighted by atomic mass is 35.5. The number of pyridine rings is 1. The number of amides is 1. The maximum Gasteiger partial charge on any atom is 0.276 e. The van der Waals surface area contributed by atoms with Gasteiger partial charge in [-0.15, -0.1) is 0 Å². The van der Waals surface area contributed by atoms with E-state index in [1.54, 1.807) is 18.3 Å². The molecule has 1 fully saturated rings. The molecule has 0 saturated heterocycles. The fourth-order valence-electron chi connectivity index (χ4n) is 2.38. The Kier molecular flexibility index (Phi) is 3.11. The molecule has 22 heavy (non-hydrogen) atoms. The number of aromatic amines is 1. The lowest BCUT2D eigenvalue weighted by atomic mass is 10.2. The Hall–Kier alpha value is -2.34. The lowest BCUT2D eigenvalue weighted by molar-refractivity contribution is -0.115. The lowest BCUT2D eigenvalue weighted by Crippen LogP contribution is -2.37. The molecule has 1 saturated carbocycles. The number of halogens is 1. The van der Waals surface area contributed by atoms with Crippen LogP contribution in [-0.4, -0.2) is 28.4 Å². The second-order valence-corrected chi connectivity index (χ2v) is 5.93. The van der Waals surface area contributed by atoms with Crippen molar-refractivity contribution in [3.63, 3.8) is 0 Å². The van der Waals surface area contributed by atoms with Crippen LogP contribution in [0, 0.1) is 5.92 Å². The van der Waals surface area contributed by atoms with Crippen LogP contribution in [0.15, 0.2) is 29.0 Å². The zero-order valence-electron chi connectivity index (χ0n) is 11.7. The van der Waals surface area contributed by atoms with Gasteiger partial charge in [-0.25, -0.2) is 9.98 Å². The maximum absolute atomic E-state index is 12.0. The van der Waals surface area contributed by atoms with E-state index in [2.05, 4.69) is 25.6 Å². The number of fused-ring (bicyclic) bond motifs is 1. The minimum Gasteiger partial charge on any atom is -0.355 e. The zero-order valence-corrected chi connectivity index (χ0v) is 12.4. The Balaban J connectivity index is 1.61. The van der Waals surface area contributed by atoms with Crippen molar-refractivity contribution in [2.45, 2.75) is 12.8 Å². The van der Waals surface area contributed by atoms with Gasteiger partial charge >= 0.3 is 0 Å². The predicted octanol–water partition coefficient (Wildman–Crippen LogP) is 2.04. The summed E-state index contributed by atoms with van der Waals surface area (Å²) in [5, 5.41) is 7.24. The standard InChI is InChI=1S/C15H14ClN5O/c16-12-4-3-10-9(7-17-13(10)20-12)5-11-14(22)21-15(19-11)18-6-8-1-2-8/h3-5,7-8H,1-2,6H2,(H,17,20)(H2,18,19,21,22)/b11-5-. The van der Waals surface area contributed by atoms with Crippen molar-refractivity contribution in [2.75, 3.05) is 6.54 Å². The number of rotatable bonds is 3. The monoisotopic (exact) mass is 315 g/mol. The Bertz CT molecular complexity index is 818. The number of carbonyl (C=O) groups excluding carboxylic acids is 1. The van der Waals surface area contributed by atoms with Crippen molar-refractivity contribution in [1.82, 2.24) is 20.6 Å². The summed E-state index contributed by atoms with van der Waals surface area (Å²) in [6, 6.07) is 3.59. The molecule has 3 heterocycles. The molecule has 2 aromatic rings. The van der Waals surface area contributed by atoms with Crippen LogP contribution in [0.5, 0.6) is 0 Å². The molecule has 0 radical (unpaired) electrons. The first-order valence-corrected chi connectivity index (χ1v) is 7.56. The molecule has 0 atom stereocenters. The summed E-state index contributed by atoms with van der Waals surface area (Å²) in [5.74, 6) is 1.05. The molecule has 4 rings (SSSR count). The van der Waals surface area contributed by atoms with Crippen LogP contribution < -0.4 is 10.6 Å². The van der Waals surface area contributed by atoms with Crippen molar-refractivity contribution >= 4 is 40.6 Å². The molecular weight excluding hydrogens is 302 g/mol. The van der Waals surface area contributed by atoms with E-state index in [1.807, 2.05) is 6.07 Å². The topological polar surface area (TPSA) is 82.2 Å². The average molecular weight is 316 g/mol. The van der Waals surface area contributed by atoms with E-state index in [9.17, 15) is 4.79 Å². The minimum atomic E-state index is -0.199. The summed E-state index contributed by atoms with van der Waals surface area (Å²) in [4.78, 5) is 23.5. The molecule has 3 N–H and O–H groups in total. The van der Waals surface area contributed by atoms with Gasteiger partial charge in [0.2, 0.25) is 5.96 Å². The van der Waals surface area contributed by atoms with Crippen molar-refractivity contribution in [3.8, 4) is 0 Å². The quantitative estimate of drug-likeness (QED) is 0.599. The SMILES string of the molecule is O=C1NC(NCC2CC2)=N/C1=C\c1c[nH]c2nc(Cl)ccc12. The van der Waals surface area contributed by atoms with Gasteiger partial charge in [-0.2, -0.15) is 0 Å². The Labute approximate surface area is 131 Å². The fourth-order valence-corrected chi connectivity index (χ4v) is 2.53. The zero-order chi connectivity index (χ0) is 15.1. The van der Waals surface area contributed by atoms with Gasteiger partial charge in [0, 0.05) is 23.7 Å². The highest BCUT2D eigenvalue weighted by Gasteiger charge is 2.24. The molecular formula is C15H14ClN5O. The molecule has 0 unspecified atom stereocenters. The highest BCUT2D eigenvalue weighted by molar-refractivity contribution is 6.29. The van der Waals surface area contributed by atoms with E-state index >= 15 is 0 Å². The maximum atomic E-state index is 12.0. The minimum absolute atomic E-state index is 0.199. The largest absolute Gasteiger partial charge is 0.355 e. The van der Waals surface area contributed by atoms with Gasteiger partial charge < -0.3 is 10.3 Å². The summed E-state index contributed by atoms with van der Waals surface area (Å²) >= 11 is 5.87. The number of nitrogens with zero attached hydrogens (tertiary/aromatic N) is 2. The smallest absolute Gasteiger partial charge is 0.276 e. The van der Waals surface area contributed by atoms with Crippen LogP contribution in [0.3, 0.4) is 0 Å². The van der Waals surface area contributed by atoms with Crippen LogP contribution in [0.4, 0.5) is 0 Å². The van der Waals surface area contributed by atoms with Crippen LogP contribution in [0.2, 0.25) is 5.15 Å². The summed E-state index contributed by atoms with van der Waals surface area (Å²) in [6.07, 6.45) is 6.04. The number of hydrogen-bond donors (Lipinski definition) is 3. The van der Waals surface area contributed by atoms with Crippen molar-refractivity contribution < 1.29 is 4.79 Å². The molecule has 1 aliphatic heterocycles. The van der Waals surface area contributed by atoms with E-state index in [-0.39, 0.29) is 5.91 Å². The number of nitrogens with one attached hydrogen (secondary N) is 3. The number of aliphatic imine (C=N–C) groups is 1. The molecule has 112 valence electrons. The number of H-pyrrole nitrogens is 1. The molecule has 0 bridgehead atoms. The Morgan fingerprint density at radius 3 is 3.09 bits per heavy atom. The Morgan fingerprint density at radius 1 is 1.41 bits per heavy atom. The van der Waals surface area contributed by atoms with E-state index in [0.717, 1.165) is 23.4 Å². The molecule has 6 nitrogen and oxygen atoms in total. The van der Waals surface area contributed by atoms with Gasteiger partial charge in [-0.1, -0.05) is 11.6 Å². The summed E-state index contributed by atoms with van der Waals surface area (Å²) in [6.45, 7) is 0.863. The normalized spacial score (nSPS) is 19.6. The first-order valence-electron chi connectivity index (χ1n) is 7.18.